The maximum Gasteiger partial charge on any atom is 0.407 e. The molecule has 2 aromatic carbocycles. The highest BCUT2D eigenvalue weighted by Crippen LogP contribution is 2.28. The molecule has 1 amide bonds. The molecule has 1 aliphatic rings. The number of nitrogens with one attached hydrogen (secondary N) is 3. The number of anilines is 3. The Morgan fingerprint density at radius 1 is 0.971 bits per heavy atom. The predicted molar refractivity (Wildman–Crippen MR) is 140 cm³/mol. The van der Waals surface area contributed by atoms with Gasteiger partial charge >= 0.3 is 6.09 Å². The van der Waals surface area contributed by atoms with Gasteiger partial charge in [-0.3, -0.25) is 0 Å². The van der Waals surface area contributed by atoms with E-state index in [2.05, 4.69) is 16.0 Å². The first-order valence-corrected chi connectivity index (χ1v) is 11.7. The van der Waals surface area contributed by atoms with Crippen molar-refractivity contribution in [3.8, 4) is 0 Å². The summed E-state index contributed by atoms with van der Waals surface area (Å²) < 4.78 is 5.33. The van der Waals surface area contributed by atoms with Crippen molar-refractivity contribution in [3.05, 3.63) is 54.6 Å². The molecule has 3 N–H and O–H groups in total. The van der Waals surface area contributed by atoms with Crippen LogP contribution in [-0.4, -0.2) is 34.2 Å². The SMILES string of the molecule is CC(C)(C)OC(=O)NC[C@H]1CC[C@H](Nc2nc(Nc3ccccc3)c3ccccc3n2)CC1.Cl. The van der Waals surface area contributed by atoms with Gasteiger partial charge in [-0.2, -0.15) is 4.98 Å². The molecule has 1 aliphatic carbocycles. The Morgan fingerprint density at radius 2 is 1.65 bits per heavy atom. The monoisotopic (exact) mass is 483 g/mol. The van der Waals surface area contributed by atoms with E-state index in [0.29, 0.717) is 24.5 Å². The minimum atomic E-state index is -0.472. The molecule has 7 nitrogen and oxygen atoms in total. The molecule has 4 rings (SSSR count). The van der Waals surface area contributed by atoms with Gasteiger partial charge in [0.25, 0.3) is 0 Å². The van der Waals surface area contributed by atoms with E-state index in [1.807, 2.05) is 75.4 Å². The lowest BCUT2D eigenvalue weighted by Gasteiger charge is -2.29. The topological polar surface area (TPSA) is 88.2 Å². The second kappa shape index (κ2) is 11.4. The van der Waals surface area contributed by atoms with Crippen LogP contribution in [0.5, 0.6) is 0 Å². The second-order valence-corrected chi connectivity index (χ2v) is 9.65. The summed E-state index contributed by atoms with van der Waals surface area (Å²) in [6.45, 7) is 6.27. The van der Waals surface area contributed by atoms with Gasteiger partial charge in [0.15, 0.2) is 0 Å². The maximum absolute atomic E-state index is 11.9. The summed E-state index contributed by atoms with van der Waals surface area (Å²) in [6.07, 6.45) is 3.76. The van der Waals surface area contributed by atoms with Crippen molar-refractivity contribution in [1.82, 2.24) is 15.3 Å². The first-order chi connectivity index (χ1) is 15.9. The first kappa shape index (κ1) is 25.6. The molecule has 1 aromatic heterocycles. The predicted octanol–water partition coefficient (Wildman–Crippen LogP) is 6.29. The van der Waals surface area contributed by atoms with Crippen molar-refractivity contribution in [2.45, 2.75) is 58.1 Å². The Labute approximate surface area is 207 Å². The summed E-state index contributed by atoms with van der Waals surface area (Å²) in [6, 6.07) is 18.4. The smallest absolute Gasteiger partial charge is 0.407 e. The highest BCUT2D eigenvalue weighted by Gasteiger charge is 2.23. The molecule has 3 aromatic rings. The zero-order valence-electron chi connectivity index (χ0n) is 20.0. The number of fused-ring (bicyclic) bond motifs is 1. The summed E-state index contributed by atoms with van der Waals surface area (Å²) in [5.41, 5.74) is 1.42. The Balaban J connectivity index is 0.00000324. The van der Waals surface area contributed by atoms with Crippen LogP contribution in [0.1, 0.15) is 46.5 Å². The van der Waals surface area contributed by atoms with Crippen molar-refractivity contribution in [3.63, 3.8) is 0 Å². The number of hydrogen-bond acceptors (Lipinski definition) is 6. The van der Waals surface area contributed by atoms with E-state index >= 15 is 0 Å². The number of ether oxygens (including phenoxy) is 1. The van der Waals surface area contributed by atoms with Crippen LogP contribution in [0.15, 0.2) is 54.6 Å². The number of carbonyl (C=O) groups excluding carboxylic acids is 1. The van der Waals surface area contributed by atoms with Crippen LogP contribution in [0, 0.1) is 5.92 Å². The second-order valence-electron chi connectivity index (χ2n) is 9.65. The fraction of sp³-hybridized carbons (Fsp3) is 0.423. The van der Waals surface area contributed by atoms with Gasteiger partial charge in [-0.25, -0.2) is 9.78 Å². The molecule has 1 heterocycles. The van der Waals surface area contributed by atoms with Crippen molar-refractivity contribution in [2.75, 3.05) is 17.2 Å². The number of alkyl carbamates (subject to hydrolysis) is 1. The highest BCUT2D eigenvalue weighted by molar-refractivity contribution is 5.91. The van der Waals surface area contributed by atoms with Crippen molar-refractivity contribution in [1.29, 1.82) is 0 Å². The molecule has 0 aliphatic heterocycles. The lowest BCUT2D eigenvalue weighted by Crippen LogP contribution is -2.37. The van der Waals surface area contributed by atoms with Gasteiger partial charge in [0.05, 0.1) is 5.52 Å². The van der Waals surface area contributed by atoms with Gasteiger partial charge in [-0.15, -0.1) is 12.4 Å². The summed E-state index contributed by atoms with van der Waals surface area (Å²) in [5.74, 6) is 1.90. The molecule has 0 atom stereocenters. The largest absolute Gasteiger partial charge is 0.444 e. The summed E-state index contributed by atoms with van der Waals surface area (Å²) in [5, 5.41) is 10.9. The lowest BCUT2D eigenvalue weighted by atomic mass is 9.86. The summed E-state index contributed by atoms with van der Waals surface area (Å²) >= 11 is 0. The number of amides is 1. The van der Waals surface area contributed by atoms with E-state index in [-0.39, 0.29) is 18.5 Å². The molecule has 0 spiro atoms. The van der Waals surface area contributed by atoms with Gasteiger partial charge in [0.2, 0.25) is 5.95 Å². The van der Waals surface area contributed by atoms with Crippen LogP contribution >= 0.6 is 12.4 Å². The maximum atomic E-state index is 11.9. The van der Waals surface area contributed by atoms with Gasteiger partial charge in [-0.1, -0.05) is 30.3 Å². The number of aromatic nitrogens is 2. The minimum Gasteiger partial charge on any atom is -0.444 e. The normalized spacial score (nSPS) is 18.0. The third kappa shape index (κ3) is 7.22. The molecule has 0 saturated heterocycles. The van der Waals surface area contributed by atoms with E-state index in [1.165, 1.54) is 0 Å². The number of hydrogen-bond donors (Lipinski definition) is 3. The average Bonchev–Trinajstić information content (AvgIpc) is 2.78. The molecule has 0 unspecified atom stereocenters. The van der Waals surface area contributed by atoms with Gasteiger partial charge in [-0.05, 0) is 76.6 Å². The Kier molecular flexibility index (Phi) is 8.56. The van der Waals surface area contributed by atoms with Crippen LogP contribution in [0.3, 0.4) is 0 Å². The van der Waals surface area contributed by atoms with E-state index in [9.17, 15) is 4.79 Å². The Morgan fingerprint density at radius 3 is 2.35 bits per heavy atom. The molecule has 182 valence electrons. The van der Waals surface area contributed by atoms with Crippen molar-refractivity contribution >= 4 is 46.9 Å². The van der Waals surface area contributed by atoms with E-state index in [1.54, 1.807) is 0 Å². The lowest BCUT2D eigenvalue weighted by molar-refractivity contribution is 0.0515. The number of halogens is 1. The molecule has 1 fully saturated rings. The van der Waals surface area contributed by atoms with Crippen molar-refractivity contribution in [2.24, 2.45) is 5.92 Å². The zero-order chi connectivity index (χ0) is 23.3. The zero-order valence-corrected chi connectivity index (χ0v) is 20.8. The van der Waals surface area contributed by atoms with Gasteiger partial charge in [0, 0.05) is 23.7 Å². The summed E-state index contributed by atoms with van der Waals surface area (Å²) in [7, 11) is 0. The molecule has 0 bridgehead atoms. The van der Waals surface area contributed by atoms with Gasteiger partial charge < -0.3 is 20.7 Å². The van der Waals surface area contributed by atoms with Crippen LogP contribution < -0.4 is 16.0 Å². The molecule has 34 heavy (non-hydrogen) atoms. The fourth-order valence-corrected chi connectivity index (χ4v) is 4.13. The van der Waals surface area contributed by atoms with Crippen LogP contribution in [0.2, 0.25) is 0 Å². The Bertz CT molecular complexity index is 1080. The number of rotatable bonds is 6. The van der Waals surface area contributed by atoms with Crippen LogP contribution in [-0.2, 0) is 4.74 Å². The quantitative estimate of drug-likeness (QED) is 0.381. The summed E-state index contributed by atoms with van der Waals surface area (Å²) in [4.78, 5) is 21.5. The number of benzene rings is 2. The molecular weight excluding hydrogens is 450 g/mol. The van der Waals surface area contributed by atoms with E-state index < -0.39 is 5.60 Å². The minimum absolute atomic E-state index is 0. The number of nitrogens with zero attached hydrogens (tertiary/aromatic N) is 2. The first-order valence-electron chi connectivity index (χ1n) is 11.7. The number of carbonyl (C=O) groups is 1. The van der Waals surface area contributed by atoms with Crippen LogP contribution in [0.25, 0.3) is 10.9 Å². The van der Waals surface area contributed by atoms with Crippen molar-refractivity contribution < 1.29 is 9.53 Å². The third-order valence-electron chi connectivity index (χ3n) is 5.75. The van der Waals surface area contributed by atoms with E-state index in [0.717, 1.165) is 48.1 Å². The molecule has 8 heteroatoms. The standard InChI is InChI=1S/C26H33N5O2.ClH/c1-26(2,3)33-25(32)27-17-18-13-15-20(16-14-18)29-24-30-22-12-8-7-11-21(22)23(31-24)28-19-9-5-4-6-10-19;/h4-12,18,20H,13-17H2,1-3H3,(H,27,32)(H2,28,29,30,31);1H/t18-,20-;. The Hall–Kier alpha value is -3.06. The third-order valence-corrected chi connectivity index (χ3v) is 5.75. The average molecular weight is 484 g/mol. The van der Waals surface area contributed by atoms with E-state index in [4.69, 9.17) is 14.7 Å². The van der Waals surface area contributed by atoms with Crippen LogP contribution in [0.4, 0.5) is 22.2 Å². The van der Waals surface area contributed by atoms with Gasteiger partial charge in [0.1, 0.15) is 11.4 Å². The molecule has 0 radical (unpaired) electrons. The number of para-hydroxylation sites is 2. The highest BCUT2D eigenvalue weighted by atomic mass is 35.5. The molecule has 1 saturated carbocycles. The molecular formula is C26H34ClN5O2. The fourth-order valence-electron chi connectivity index (χ4n) is 4.13.